The van der Waals surface area contributed by atoms with E-state index in [1.54, 1.807) is 0 Å². The zero-order valence-corrected chi connectivity index (χ0v) is 14.4. The van der Waals surface area contributed by atoms with Gasteiger partial charge in [-0.1, -0.05) is 18.2 Å². The predicted octanol–water partition coefficient (Wildman–Crippen LogP) is 2.17. The van der Waals surface area contributed by atoms with E-state index in [9.17, 15) is 4.79 Å². The first-order valence-electron chi connectivity index (χ1n) is 9.10. The van der Waals surface area contributed by atoms with E-state index in [1.165, 1.54) is 25.9 Å². The average Bonchev–Trinajstić information content (AvgIpc) is 3.28. The molecule has 3 rings (SSSR count). The highest BCUT2D eigenvalue weighted by molar-refractivity contribution is 5.78. The number of hydrogen-bond acceptors (Lipinski definition) is 4. The van der Waals surface area contributed by atoms with Gasteiger partial charge in [-0.05, 0) is 50.9 Å². The van der Waals surface area contributed by atoms with Crippen molar-refractivity contribution in [2.45, 2.75) is 31.7 Å². The number of carbonyl (C=O) groups is 1. The molecular weight excluding hydrogens is 304 g/mol. The average molecular weight is 332 g/mol. The minimum Gasteiger partial charge on any atom is -0.491 e. The van der Waals surface area contributed by atoms with Crippen molar-refractivity contribution >= 4 is 5.91 Å². The van der Waals surface area contributed by atoms with Gasteiger partial charge in [0.25, 0.3) is 0 Å². The number of nitrogens with zero attached hydrogens (tertiary/aromatic N) is 2. The van der Waals surface area contributed by atoms with Crippen LogP contribution in [0.5, 0.6) is 5.75 Å². The van der Waals surface area contributed by atoms with Gasteiger partial charge in [0.1, 0.15) is 19.0 Å². The maximum Gasteiger partial charge on any atom is 0.248 e. The number of amides is 1. The van der Waals surface area contributed by atoms with Crippen molar-refractivity contribution in [1.82, 2.24) is 9.80 Å². The number of rotatable bonds is 8. The molecule has 2 fully saturated rings. The van der Waals surface area contributed by atoms with Crippen LogP contribution in [0, 0.1) is 0 Å². The number of ether oxygens (including phenoxy) is 2. The number of para-hydroxylation sites is 1. The van der Waals surface area contributed by atoms with Gasteiger partial charge in [-0.25, -0.2) is 0 Å². The van der Waals surface area contributed by atoms with Crippen molar-refractivity contribution in [3.05, 3.63) is 30.3 Å². The molecule has 0 radical (unpaired) electrons. The SMILES string of the molecule is O=C(COCCOc1ccccc1)N1CCC[C@@H]1CN1CCCC1. The topological polar surface area (TPSA) is 42.0 Å². The van der Waals surface area contributed by atoms with Gasteiger partial charge in [0.05, 0.1) is 6.61 Å². The van der Waals surface area contributed by atoms with E-state index in [2.05, 4.69) is 4.90 Å². The summed E-state index contributed by atoms with van der Waals surface area (Å²) in [4.78, 5) is 16.9. The molecule has 1 atom stereocenters. The Morgan fingerprint density at radius 2 is 1.83 bits per heavy atom. The molecule has 2 heterocycles. The van der Waals surface area contributed by atoms with E-state index >= 15 is 0 Å². The maximum atomic E-state index is 12.4. The van der Waals surface area contributed by atoms with Crippen molar-refractivity contribution < 1.29 is 14.3 Å². The first kappa shape index (κ1) is 17.2. The fourth-order valence-corrected chi connectivity index (χ4v) is 3.59. The van der Waals surface area contributed by atoms with Crippen LogP contribution in [0.15, 0.2) is 30.3 Å². The zero-order valence-electron chi connectivity index (χ0n) is 14.4. The van der Waals surface area contributed by atoms with E-state index in [-0.39, 0.29) is 12.5 Å². The van der Waals surface area contributed by atoms with Crippen molar-refractivity contribution in [1.29, 1.82) is 0 Å². The molecule has 1 amide bonds. The number of carbonyl (C=O) groups excluding carboxylic acids is 1. The maximum absolute atomic E-state index is 12.4. The fourth-order valence-electron chi connectivity index (χ4n) is 3.59. The normalized spacial score (nSPS) is 21.3. The second-order valence-corrected chi connectivity index (χ2v) is 6.60. The van der Waals surface area contributed by atoms with Gasteiger partial charge < -0.3 is 19.3 Å². The second kappa shape index (κ2) is 9.04. The fraction of sp³-hybridized carbons (Fsp3) is 0.632. The van der Waals surface area contributed by atoms with Crippen LogP contribution in [0.3, 0.4) is 0 Å². The third-order valence-corrected chi connectivity index (χ3v) is 4.83. The lowest BCUT2D eigenvalue weighted by Crippen LogP contribution is -2.44. The highest BCUT2D eigenvalue weighted by Gasteiger charge is 2.30. The van der Waals surface area contributed by atoms with Crippen molar-refractivity contribution in [2.75, 3.05) is 46.0 Å². The van der Waals surface area contributed by atoms with Crippen LogP contribution in [0.25, 0.3) is 0 Å². The third kappa shape index (κ3) is 4.95. The van der Waals surface area contributed by atoms with E-state index in [4.69, 9.17) is 9.47 Å². The summed E-state index contributed by atoms with van der Waals surface area (Å²) < 4.78 is 11.1. The van der Waals surface area contributed by atoms with Crippen molar-refractivity contribution in [2.24, 2.45) is 0 Å². The largest absolute Gasteiger partial charge is 0.491 e. The summed E-state index contributed by atoms with van der Waals surface area (Å²) in [5.41, 5.74) is 0. The van der Waals surface area contributed by atoms with E-state index < -0.39 is 0 Å². The molecule has 2 aliphatic rings. The molecule has 2 aliphatic heterocycles. The van der Waals surface area contributed by atoms with Gasteiger partial charge in [-0.2, -0.15) is 0 Å². The summed E-state index contributed by atoms with van der Waals surface area (Å²) >= 11 is 0. The monoisotopic (exact) mass is 332 g/mol. The van der Waals surface area contributed by atoms with Crippen LogP contribution in [-0.2, 0) is 9.53 Å². The van der Waals surface area contributed by atoms with Gasteiger partial charge in [-0.15, -0.1) is 0 Å². The van der Waals surface area contributed by atoms with E-state index in [1.807, 2.05) is 35.2 Å². The smallest absolute Gasteiger partial charge is 0.248 e. The highest BCUT2D eigenvalue weighted by Crippen LogP contribution is 2.20. The Labute approximate surface area is 144 Å². The molecule has 0 aromatic heterocycles. The third-order valence-electron chi connectivity index (χ3n) is 4.83. The van der Waals surface area contributed by atoms with Gasteiger partial charge >= 0.3 is 0 Å². The molecule has 0 N–H and O–H groups in total. The van der Waals surface area contributed by atoms with Crippen LogP contribution in [0.2, 0.25) is 0 Å². The van der Waals surface area contributed by atoms with Crippen LogP contribution < -0.4 is 4.74 Å². The molecule has 1 aromatic rings. The molecule has 2 saturated heterocycles. The lowest BCUT2D eigenvalue weighted by Gasteiger charge is -2.28. The quantitative estimate of drug-likeness (QED) is 0.684. The molecule has 5 heteroatoms. The van der Waals surface area contributed by atoms with Gasteiger partial charge in [-0.3, -0.25) is 4.79 Å². The minimum absolute atomic E-state index is 0.122. The van der Waals surface area contributed by atoms with Gasteiger partial charge in [0.2, 0.25) is 5.91 Å². The second-order valence-electron chi connectivity index (χ2n) is 6.60. The first-order chi connectivity index (χ1) is 11.8. The molecule has 0 aliphatic carbocycles. The lowest BCUT2D eigenvalue weighted by molar-refractivity contribution is -0.137. The summed E-state index contributed by atoms with van der Waals surface area (Å²) in [6, 6.07) is 10.0. The molecule has 0 bridgehead atoms. The molecule has 132 valence electrons. The number of likely N-dealkylation sites (tertiary alicyclic amines) is 2. The first-order valence-corrected chi connectivity index (χ1v) is 9.10. The summed E-state index contributed by atoms with van der Waals surface area (Å²) in [6.07, 6.45) is 4.83. The van der Waals surface area contributed by atoms with Crippen LogP contribution in [0.4, 0.5) is 0 Å². The molecule has 5 nitrogen and oxygen atoms in total. The predicted molar refractivity (Wildman–Crippen MR) is 93.2 cm³/mol. The highest BCUT2D eigenvalue weighted by atomic mass is 16.5. The Balaban J connectivity index is 1.33. The van der Waals surface area contributed by atoms with Crippen molar-refractivity contribution in [3.8, 4) is 5.75 Å². The van der Waals surface area contributed by atoms with Crippen LogP contribution >= 0.6 is 0 Å². The van der Waals surface area contributed by atoms with Crippen molar-refractivity contribution in [3.63, 3.8) is 0 Å². The Hall–Kier alpha value is -1.59. The molecular formula is C19H28N2O3. The summed E-state index contributed by atoms with van der Waals surface area (Å²) in [5.74, 6) is 0.953. The molecule has 0 spiro atoms. The van der Waals surface area contributed by atoms with E-state index in [0.717, 1.165) is 31.7 Å². The Bertz CT molecular complexity index is 503. The molecule has 0 unspecified atom stereocenters. The van der Waals surface area contributed by atoms with Crippen LogP contribution in [-0.4, -0.2) is 67.7 Å². The summed E-state index contributed by atoms with van der Waals surface area (Å²) in [7, 11) is 0. The Morgan fingerprint density at radius 3 is 2.62 bits per heavy atom. The zero-order chi connectivity index (χ0) is 16.6. The molecule has 1 aromatic carbocycles. The summed E-state index contributed by atoms with van der Waals surface area (Å²) in [5, 5.41) is 0. The standard InChI is InChI=1S/C19H28N2O3/c22-19(16-23-13-14-24-18-8-2-1-3-9-18)21-12-6-7-17(21)15-20-10-4-5-11-20/h1-3,8-9,17H,4-7,10-16H2/t17-/m1/s1. The summed E-state index contributed by atoms with van der Waals surface area (Å²) in [6.45, 7) is 5.34. The van der Waals surface area contributed by atoms with E-state index in [0.29, 0.717) is 19.3 Å². The van der Waals surface area contributed by atoms with Gasteiger partial charge in [0.15, 0.2) is 0 Å². The number of benzene rings is 1. The van der Waals surface area contributed by atoms with Crippen LogP contribution in [0.1, 0.15) is 25.7 Å². The Kier molecular flexibility index (Phi) is 6.49. The molecule has 24 heavy (non-hydrogen) atoms. The molecule has 0 saturated carbocycles. The minimum atomic E-state index is 0.122. The lowest BCUT2D eigenvalue weighted by atomic mass is 10.2. The Morgan fingerprint density at radius 1 is 1.04 bits per heavy atom. The van der Waals surface area contributed by atoms with Gasteiger partial charge in [0, 0.05) is 19.1 Å². The number of hydrogen-bond donors (Lipinski definition) is 0.